The summed E-state index contributed by atoms with van der Waals surface area (Å²) in [6.45, 7) is 3.86. The van der Waals surface area contributed by atoms with E-state index in [-0.39, 0.29) is 11.5 Å². The van der Waals surface area contributed by atoms with Gasteiger partial charge in [-0.3, -0.25) is 4.79 Å². The number of esters is 1. The lowest BCUT2D eigenvalue weighted by molar-refractivity contribution is 0.0595. The number of aryl methyl sites for hydroxylation is 1. The highest BCUT2D eigenvalue weighted by Crippen LogP contribution is 2.44. The van der Waals surface area contributed by atoms with Crippen LogP contribution in [0.1, 0.15) is 53.3 Å². The maximum absolute atomic E-state index is 14.8. The molecule has 2 saturated carbocycles. The standard InChI is InChI=1S/C36H36FN5O4/c1-19-23-9-12-29(19)42(18-23)35(43)24-14-28-32(31(16-24)45-3)40(2)34(39-28)30-15-22-8-11-27(38-33(22)41(30)17-20-5-6-20)21-7-10-25(26(37)13-21)36(44)46-4/h7-8,10-11,13-16,19-20,23,29H,5-6,9,12,17-18H2,1-4H3/t19-,23?,29?/m1/s1. The molecular weight excluding hydrogens is 585 g/mol. The van der Waals surface area contributed by atoms with Crippen LogP contribution < -0.4 is 4.74 Å². The van der Waals surface area contributed by atoms with Gasteiger partial charge in [0.05, 0.1) is 36.7 Å². The Morgan fingerprint density at radius 1 is 1.00 bits per heavy atom. The molecule has 2 bridgehead atoms. The minimum Gasteiger partial charge on any atom is -0.494 e. The van der Waals surface area contributed by atoms with Gasteiger partial charge in [-0.05, 0) is 85.9 Å². The zero-order chi connectivity index (χ0) is 31.9. The van der Waals surface area contributed by atoms with Gasteiger partial charge in [0.1, 0.15) is 22.7 Å². The van der Waals surface area contributed by atoms with Crippen LogP contribution >= 0.6 is 0 Å². The van der Waals surface area contributed by atoms with Crippen LogP contribution in [0.4, 0.5) is 4.39 Å². The topological polar surface area (TPSA) is 91.5 Å². The Bertz CT molecular complexity index is 2060. The molecule has 5 aromatic rings. The Kier molecular flexibility index (Phi) is 6.67. The molecule has 1 amide bonds. The lowest BCUT2D eigenvalue weighted by Gasteiger charge is -2.27. The highest BCUT2D eigenvalue weighted by molar-refractivity contribution is 6.00. The van der Waals surface area contributed by atoms with Crippen LogP contribution in [-0.2, 0) is 18.3 Å². The summed E-state index contributed by atoms with van der Waals surface area (Å²) >= 11 is 0. The lowest BCUT2D eigenvalue weighted by atomic mass is 10.0. The molecule has 2 aromatic carbocycles. The van der Waals surface area contributed by atoms with Gasteiger partial charge >= 0.3 is 5.97 Å². The van der Waals surface area contributed by atoms with Crippen molar-refractivity contribution in [1.82, 2.24) is 24.0 Å². The molecule has 1 saturated heterocycles. The molecule has 3 aliphatic rings. The van der Waals surface area contributed by atoms with E-state index in [0.29, 0.717) is 51.9 Å². The highest BCUT2D eigenvalue weighted by Gasteiger charge is 2.46. The molecule has 3 fully saturated rings. The number of carbonyl (C=O) groups excluding carboxylic acids is 2. The second kappa shape index (κ2) is 10.7. The third-order valence-corrected chi connectivity index (χ3v) is 10.5. The highest BCUT2D eigenvalue weighted by atomic mass is 19.1. The van der Waals surface area contributed by atoms with Crippen LogP contribution in [0.3, 0.4) is 0 Å². The number of halogens is 1. The summed E-state index contributed by atoms with van der Waals surface area (Å²) < 4.78 is 29.6. The number of hydrogen-bond donors (Lipinski definition) is 0. The average molecular weight is 622 g/mol. The number of benzene rings is 2. The van der Waals surface area contributed by atoms with Crippen LogP contribution in [0.5, 0.6) is 5.75 Å². The SMILES string of the molecule is COC(=O)c1ccc(-c2ccc3cc(-c4nc5cc(C(=O)N6CC7CCC6[C@@H]7C)cc(OC)c5n4C)n(CC4CC4)c3n2)cc1F. The normalized spacial score (nSPS) is 20.6. The summed E-state index contributed by atoms with van der Waals surface area (Å²) in [5, 5.41) is 0.944. The van der Waals surface area contributed by atoms with Crippen molar-refractivity contribution in [3.8, 4) is 28.5 Å². The van der Waals surface area contributed by atoms with E-state index in [4.69, 9.17) is 19.4 Å². The van der Waals surface area contributed by atoms with E-state index in [9.17, 15) is 14.0 Å². The van der Waals surface area contributed by atoms with Gasteiger partial charge in [0.15, 0.2) is 5.82 Å². The quantitative estimate of drug-likeness (QED) is 0.194. The van der Waals surface area contributed by atoms with Crippen molar-refractivity contribution in [2.75, 3.05) is 20.8 Å². The van der Waals surface area contributed by atoms with E-state index in [0.717, 1.165) is 60.4 Å². The van der Waals surface area contributed by atoms with Gasteiger partial charge in [-0.25, -0.2) is 19.2 Å². The average Bonchev–Trinajstić information content (AvgIpc) is 3.47. The molecular formula is C36H36FN5O4. The number of methoxy groups -OCH3 is 2. The summed E-state index contributed by atoms with van der Waals surface area (Å²) in [6, 6.07) is 14.4. The van der Waals surface area contributed by atoms with Crippen molar-refractivity contribution >= 4 is 33.9 Å². The summed E-state index contributed by atoms with van der Waals surface area (Å²) in [7, 11) is 4.83. The maximum atomic E-state index is 14.8. The van der Waals surface area contributed by atoms with Crippen molar-refractivity contribution in [2.45, 2.75) is 45.2 Å². The second-order valence-electron chi connectivity index (χ2n) is 13.1. The van der Waals surface area contributed by atoms with Crippen LogP contribution in [-0.4, -0.2) is 62.7 Å². The van der Waals surface area contributed by atoms with Crippen molar-refractivity contribution in [3.63, 3.8) is 0 Å². The summed E-state index contributed by atoms with van der Waals surface area (Å²) in [5.74, 6) is 1.70. The van der Waals surface area contributed by atoms with Crippen molar-refractivity contribution in [3.05, 3.63) is 65.5 Å². The van der Waals surface area contributed by atoms with E-state index < -0.39 is 11.8 Å². The third-order valence-electron chi connectivity index (χ3n) is 10.5. The number of hydrogen-bond acceptors (Lipinski definition) is 6. The fraction of sp³-hybridized carbons (Fsp3) is 0.389. The number of amides is 1. The van der Waals surface area contributed by atoms with E-state index in [1.807, 2.05) is 35.9 Å². The van der Waals surface area contributed by atoms with Gasteiger partial charge in [0.2, 0.25) is 0 Å². The predicted octanol–water partition coefficient (Wildman–Crippen LogP) is 6.47. The van der Waals surface area contributed by atoms with E-state index in [1.165, 1.54) is 25.7 Å². The number of imidazole rings is 1. The summed E-state index contributed by atoms with van der Waals surface area (Å²) in [5.41, 5.74) is 4.88. The van der Waals surface area contributed by atoms with Crippen molar-refractivity contribution < 1.29 is 23.5 Å². The van der Waals surface area contributed by atoms with Gasteiger partial charge in [-0.1, -0.05) is 13.0 Å². The van der Waals surface area contributed by atoms with E-state index in [1.54, 1.807) is 13.2 Å². The fourth-order valence-corrected chi connectivity index (χ4v) is 7.69. The molecule has 3 aromatic heterocycles. The van der Waals surface area contributed by atoms with Gasteiger partial charge in [0, 0.05) is 42.7 Å². The minimum absolute atomic E-state index is 0.0436. The molecule has 3 atom stereocenters. The molecule has 0 spiro atoms. The molecule has 8 rings (SSSR count). The fourth-order valence-electron chi connectivity index (χ4n) is 7.69. The zero-order valence-electron chi connectivity index (χ0n) is 26.4. The molecule has 46 heavy (non-hydrogen) atoms. The number of fused-ring (bicyclic) bond motifs is 4. The molecule has 0 N–H and O–H groups in total. The summed E-state index contributed by atoms with van der Waals surface area (Å²) in [4.78, 5) is 37.8. The van der Waals surface area contributed by atoms with E-state index in [2.05, 4.69) is 22.5 Å². The van der Waals surface area contributed by atoms with Crippen LogP contribution in [0.2, 0.25) is 0 Å². The second-order valence-corrected chi connectivity index (χ2v) is 13.1. The molecule has 236 valence electrons. The third kappa shape index (κ3) is 4.48. The number of nitrogens with zero attached hydrogens (tertiary/aromatic N) is 5. The number of carbonyl (C=O) groups is 2. The first-order chi connectivity index (χ1) is 22.2. The van der Waals surface area contributed by atoms with Crippen LogP contribution in [0.25, 0.3) is 44.8 Å². The first-order valence-electron chi connectivity index (χ1n) is 16.0. The maximum Gasteiger partial charge on any atom is 0.340 e. The van der Waals surface area contributed by atoms with Crippen molar-refractivity contribution in [2.24, 2.45) is 24.8 Å². The Labute approximate surface area is 265 Å². The van der Waals surface area contributed by atoms with Gasteiger partial charge < -0.3 is 23.5 Å². The Hall–Kier alpha value is -4.73. The monoisotopic (exact) mass is 621 g/mol. The molecule has 9 nitrogen and oxygen atoms in total. The number of piperidine rings is 1. The van der Waals surface area contributed by atoms with Gasteiger partial charge in [-0.2, -0.15) is 0 Å². The number of aromatic nitrogens is 4. The predicted molar refractivity (Wildman–Crippen MR) is 172 cm³/mol. The first-order valence-corrected chi connectivity index (χ1v) is 16.0. The van der Waals surface area contributed by atoms with Gasteiger partial charge in [-0.15, -0.1) is 0 Å². The molecule has 2 unspecified atom stereocenters. The molecule has 1 aliphatic heterocycles. The molecule has 10 heteroatoms. The smallest absolute Gasteiger partial charge is 0.340 e. The van der Waals surface area contributed by atoms with Crippen molar-refractivity contribution in [1.29, 1.82) is 0 Å². The molecule has 0 radical (unpaired) electrons. The van der Waals surface area contributed by atoms with Crippen LogP contribution in [0.15, 0.2) is 48.5 Å². The largest absolute Gasteiger partial charge is 0.494 e. The number of pyridine rings is 1. The summed E-state index contributed by atoms with van der Waals surface area (Å²) in [6.07, 6.45) is 4.57. The van der Waals surface area contributed by atoms with Crippen LogP contribution in [0, 0.1) is 23.6 Å². The minimum atomic E-state index is -0.719. The number of rotatable bonds is 7. The number of likely N-dealkylation sites (tertiary alicyclic amines) is 1. The Balaban J connectivity index is 1.22. The first kappa shape index (κ1) is 28.7. The number of ether oxygens (including phenoxy) is 2. The lowest BCUT2D eigenvalue weighted by Crippen LogP contribution is -2.38. The van der Waals surface area contributed by atoms with E-state index >= 15 is 0 Å². The molecule has 4 heterocycles. The zero-order valence-corrected chi connectivity index (χ0v) is 26.4. The van der Waals surface area contributed by atoms with Gasteiger partial charge in [0.25, 0.3) is 5.91 Å². The Morgan fingerprint density at radius 2 is 1.83 bits per heavy atom. The molecule has 2 aliphatic carbocycles. The Morgan fingerprint density at radius 3 is 2.50 bits per heavy atom.